The monoisotopic (exact) mass is 236 g/mol. The van der Waals surface area contributed by atoms with Gasteiger partial charge in [-0.15, -0.1) is 0 Å². The van der Waals surface area contributed by atoms with Gasteiger partial charge in [-0.3, -0.25) is 4.79 Å². The van der Waals surface area contributed by atoms with Gasteiger partial charge in [-0.25, -0.2) is 4.79 Å². The Morgan fingerprint density at radius 3 is 2.88 bits per heavy atom. The van der Waals surface area contributed by atoms with Crippen LogP contribution in [0, 0.1) is 0 Å². The number of aromatic carboxylic acids is 1. The maximum Gasteiger partial charge on any atom is 0.337 e. The number of hydrogen-bond acceptors (Lipinski definition) is 2. The van der Waals surface area contributed by atoms with Crippen LogP contribution in [-0.2, 0) is 24.3 Å². The van der Waals surface area contributed by atoms with Gasteiger partial charge in [0.05, 0.1) is 12.1 Å². The van der Waals surface area contributed by atoms with Gasteiger partial charge in [-0.2, -0.15) is 0 Å². The molecule has 0 atom stereocenters. The van der Waals surface area contributed by atoms with Crippen molar-refractivity contribution >= 4 is 11.9 Å². The second-order valence-corrected chi connectivity index (χ2v) is 4.32. The predicted octanol–water partition coefficient (Wildman–Crippen LogP) is 1.16. The average Bonchev–Trinajstić information content (AvgIpc) is 2.65. The third-order valence-electron chi connectivity index (χ3n) is 3.09. The summed E-state index contributed by atoms with van der Waals surface area (Å²) in [5, 5.41) is 11.8. The van der Waals surface area contributed by atoms with E-state index in [9.17, 15) is 9.59 Å². The van der Waals surface area contributed by atoms with Crippen molar-refractivity contribution in [2.45, 2.75) is 39.3 Å². The molecule has 2 heterocycles. The lowest BCUT2D eigenvalue weighted by Gasteiger charge is -2.18. The molecule has 0 saturated heterocycles. The Kier molecular flexibility index (Phi) is 3.17. The molecule has 1 aromatic rings. The van der Waals surface area contributed by atoms with Crippen LogP contribution in [-0.4, -0.2) is 21.6 Å². The molecule has 0 bridgehead atoms. The van der Waals surface area contributed by atoms with Gasteiger partial charge in [0.2, 0.25) is 5.91 Å². The normalized spacial score (nSPS) is 14.2. The number of rotatable bonds is 3. The Hall–Kier alpha value is -1.78. The summed E-state index contributed by atoms with van der Waals surface area (Å²) >= 11 is 0. The number of aromatic nitrogens is 1. The van der Waals surface area contributed by atoms with Crippen LogP contribution in [0.5, 0.6) is 0 Å². The van der Waals surface area contributed by atoms with E-state index >= 15 is 0 Å². The van der Waals surface area contributed by atoms with Crippen molar-refractivity contribution in [3.05, 3.63) is 23.0 Å². The van der Waals surface area contributed by atoms with Crippen molar-refractivity contribution in [2.24, 2.45) is 0 Å². The SMILES string of the molecule is CC(=O)NCc1cc(C(=O)O)c2n1CCCC2. The van der Waals surface area contributed by atoms with Crippen LogP contribution in [0.1, 0.15) is 41.5 Å². The van der Waals surface area contributed by atoms with E-state index in [1.807, 2.05) is 4.57 Å². The smallest absolute Gasteiger partial charge is 0.337 e. The molecular weight excluding hydrogens is 220 g/mol. The van der Waals surface area contributed by atoms with E-state index in [4.69, 9.17) is 5.11 Å². The van der Waals surface area contributed by atoms with Gasteiger partial charge in [0.1, 0.15) is 0 Å². The summed E-state index contributed by atoms with van der Waals surface area (Å²) < 4.78 is 2.03. The Labute approximate surface area is 99.4 Å². The van der Waals surface area contributed by atoms with Gasteiger partial charge in [-0.1, -0.05) is 0 Å². The molecule has 2 N–H and O–H groups in total. The van der Waals surface area contributed by atoms with E-state index in [1.54, 1.807) is 6.07 Å². The number of amides is 1. The maximum atomic E-state index is 11.1. The minimum atomic E-state index is -0.885. The van der Waals surface area contributed by atoms with Crippen molar-refractivity contribution in [1.82, 2.24) is 9.88 Å². The summed E-state index contributed by atoms with van der Waals surface area (Å²) in [5.74, 6) is -0.988. The van der Waals surface area contributed by atoms with Crippen LogP contribution < -0.4 is 5.32 Å². The van der Waals surface area contributed by atoms with E-state index in [1.165, 1.54) is 6.92 Å². The molecule has 0 spiro atoms. The zero-order valence-electron chi connectivity index (χ0n) is 9.82. The number of carboxylic acids is 1. The molecule has 2 rings (SSSR count). The lowest BCUT2D eigenvalue weighted by Crippen LogP contribution is -2.22. The van der Waals surface area contributed by atoms with Crippen LogP contribution in [0.2, 0.25) is 0 Å². The molecule has 0 unspecified atom stereocenters. The minimum absolute atomic E-state index is 0.103. The van der Waals surface area contributed by atoms with Crippen molar-refractivity contribution < 1.29 is 14.7 Å². The fourth-order valence-corrected chi connectivity index (χ4v) is 2.30. The fraction of sp³-hybridized carbons (Fsp3) is 0.500. The van der Waals surface area contributed by atoms with E-state index in [0.29, 0.717) is 12.1 Å². The molecule has 17 heavy (non-hydrogen) atoms. The van der Waals surface area contributed by atoms with E-state index in [-0.39, 0.29) is 5.91 Å². The number of carboxylic acid groups (broad SMARTS) is 1. The summed E-state index contributed by atoms with van der Waals surface area (Å²) in [5.41, 5.74) is 2.15. The molecule has 1 aliphatic heterocycles. The first-order valence-electron chi connectivity index (χ1n) is 5.78. The molecule has 92 valence electrons. The summed E-state index contributed by atoms with van der Waals surface area (Å²) in [6, 6.07) is 1.68. The van der Waals surface area contributed by atoms with Crippen molar-refractivity contribution in [2.75, 3.05) is 0 Å². The molecule has 0 saturated carbocycles. The highest BCUT2D eigenvalue weighted by molar-refractivity contribution is 5.89. The average molecular weight is 236 g/mol. The number of nitrogens with one attached hydrogen (secondary N) is 1. The number of nitrogens with zero attached hydrogens (tertiary/aromatic N) is 1. The second kappa shape index (κ2) is 4.61. The zero-order valence-corrected chi connectivity index (χ0v) is 9.82. The molecular formula is C12H16N2O3. The Morgan fingerprint density at radius 2 is 2.24 bits per heavy atom. The summed E-state index contributed by atoms with van der Waals surface area (Å²) in [4.78, 5) is 22.0. The van der Waals surface area contributed by atoms with Crippen LogP contribution in [0.3, 0.4) is 0 Å². The van der Waals surface area contributed by atoms with Crippen LogP contribution in [0.4, 0.5) is 0 Å². The highest BCUT2D eigenvalue weighted by atomic mass is 16.4. The van der Waals surface area contributed by atoms with Crippen LogP contribution in [0.15, 0.2) is 6.07 Å². The molecule has 5 heteroatoms. The molecule has 0 aliphatic carbocycles. The van der Waals surface area contributed by atoms with Crippen molar-refractivity contribution in [3.63, 3.8) is 0 Å². The van der Waals surface area contributed by atoms with Crippen molar-refractivity contribution in [3.8, 4) is 0 Å². The standard InChI is InChI=1S/C12H16N2O3/c1-8(15)13-7-9-6-10(12(16)17)11-4-2-3-5-14(9)11/h6H,2-5,7H2,1H3,(H,13,15)(H,16,17). The molecule has 5 nitrogen and oxygen atoms in total. The maximum absolute atomic E-state index is 11.1. The number of carbonyl (C=O) groups excluding carboxylic acids is 1. The third kappa shape index (κ3) is 2.33. The quantitative estimate of drug-likeness (QED) is 0.827. The van der Waals surface area contributed by atoms with E-state index < -0.39 is 5.97 Å². The van der Waals surface area contributed by atoms with Crippen molar-refractivity contribution in [1.29, 1.82) is 0 Å². The van der Waals surface area contributed by atoms with Gasteiger partial charge in [0, 0.05) is 24.9 Å². The molecule has 1 amide bonds. The zero-order chi connectivity index (χ0) is 12.4. The van der Waals surface area contributed by atoms with Gasteiger partial charge in [0.25, 0.3) is 0 Å². The number of fused-ring (bicyclic) bond motifs is 1. The van der Waals surface area contributed by atoms with Gasteiger partial charge >= 0.3 is 5.97 Å². The first kappa shape index (κ1) is 11.7. The first-order chi connectivity index (χ1) is 8.09. The molecule has 0 aromatic carbocycles. The highest BCUT2D eigenvalue weighted by Crippen LogP contribution is 2.23. The Balaban J connectivity index is 2.32. The van der Waals surface area contributed by atoms with E-state index in [2.05, 4.69) is 5.32 Å². The summed E-state index contributed by atoms with van der Waals surface area (Å²) in [6.45, 7) is 2.70. The number of hydrogen-bond donors (Lipinski definition) is 2. The molecule has 1 aromatic heterocycles. The Bertz CT molecular complexity index is 463. The first-order valence-corrected chi connectivity index (χ1v) is 5.78. The molecule has 0 radical (unpaired) electrons. The van der Waals surface area contributed by atoms with Gasteiger partial charge in [-0.05, 0) is 25.3 Å². The third-order valence-corrected chi connectivity index (χ3v) is 3.09. The van der Waals surface area contributed by atoms with E-state index in [0.717, 1.165) is 37.2 Å². The highest BCUT2D eigenvalue weighted by Gasteiger charge is 2.21. The number of carbonyl (C=O) groups is 2. The minimum Gasteiger partial charge on any atom is -0.478 e. The molecule has 0 fully saturated rings. The lowest BCUT2D eigenvalue weighted by atomic mass is 10.1. The van der Waals surface area contributed by atoms with Gasteiger partial charge in [0.15, 0.2) is 0 Å². The summed E-state index contributed by atoms with van der Waals surface area (Å²) in [6.07, 6.45) is 2.90. The second-order valence-electron chi connectivity index (χ2n) is 4.32. The lowest BCUT2D eigenvalue weighted by molar-refractivity contribution is -0.119. The fourth-order valence-electron chi connectivity index (χ4n) is 2.30. The molecule has 1 aliphatic rings. The largest absolute Gasteiger partial charge is 0.478 e. The van der Waals surface area contributed by atoms with Gasteiger partial charge < -0.3 is 15.0 Å². The van der Waals surface area contributed by atoms with Crippen LogP contribution in [0.25, 0.3) is 0 Å². The van der Waals surface area contributed by atoms with Crippen LogP contribution >= 0.6 is 0 Å². The Morgan fingerprint density at radius 1 is 1.47 bits per heavy atom. The topological polar surface area (TPSA) is 71.3 Å². The predicted molar refractivity (Wildman–Crippen MR) is 61.9 cm³/mol. The summed E-state index contributed by atoms with van der Waals surface area (Å²) in [7, 11) is 0.